The minimum atomic E-state index is 0.720. The molecule has 4 rings (SSSR count). The highest BCUT2D eigenvalue weighted by molar-refractivity contribution is 6.30. The highest BCUT2D eigenvalue weighted by atomic mass is 35.5. The molecule has 3 nitrogen and oxygen atoms in total. The van der Waals surface area contributed by atoms with Crippen molar-refractivity contribution in [2.45, 2.75) is 12.8 Å². The van der Waals surface area contributed by atoms with Gasteiger partial charge in [-0.05, 0) is 37.1 Å². The van der Waals surface area contributed by atoms with Gasteiger partial charge in [0.05, 0.1) is 10.7 Å². The molecule has 0 aliphatic carbocycles. The third-order valence-corrected chi connectivity index (χ3v) is 4.25. The highest BCUT2D eigenvalue weighted by Crippen LogP contribution is 2.27. The zero-order valence-corrected chi connectivity index (χ0v) is 12.4. The lowest BCUT2D eigenvalue weighted by Gasteiger charge is -2.17. The van der Waals surface area contributed by atoms with Gasteiger partial charge in [-0.1, -0.05) is 23.7 Å². The summed E-state index contributed by atoms with van der Waals surface area (Å²) in [5.41, 5.74) is 4.35. The Labute approximate surface area is 128 Å². The van der Waals surface area contributed by atoms with Crippen LogP contribution in [0.4, 0.5) is 5.69 Å². The molecule has 0 N–H and O–H groups in total. The van der Waals surface area contributed by atoms with Crippen LogP contribution in [0.1, 0.15) is 12.8 Å². The summed E-state index contributed by atoms with van der Waals surface area (Å²) in [5, 5.41) is 0.720. The van der Waals surface area contributed by atoms with E-state index in [9.17, 15) is 0 Å². The molecule has 3 aromatic rings. The fourth-order valence-corrected chi connectivity index (χ4v) is 3.11. The van der Waals surface area contributed by atoms with Crippen molar-refractivity contribution >= 4 is 22.9 Å². The van der Waals surface area contributed by atoms with Gasteiger partial charge in [-0.2, -0.15) is 0 Å². The maximum atomic E-state index is 6.03. The maximum absolute atomic E-state index is 6.03. The van der Waals surface area contributed by atoms with Crippen LogP contribution in [0.15, 0.2) is 48.8 Å². The molecule has 0 amide bonds. The molecule has 1 aliphatic rings. The second-order valence-electron chi connectivity index (χ2n) is 5.48. The summed E-state index contributed by atoms with van der Waals surface area (Å²) in [4.78, 5) is 7.12. The van der Waals surface area contributed by atoms with Crippen molar-refractivity contribution < 1.29 is 0 Å². The minimum Gasteiger partial charge on any atom is -0.372 e. The summed E-state index contributed by atoms with van der Waals surface area (Å²) in [6.07, 6.45) is 6.50. The first-order valence-corrected chi connectivity index (χ1v) is 7.67. The van der Waals surface area contributed by atoms with Gasteiger partial charge in [0.1, 0.15) is 5.65 Å². The van der Waals surface area contributed by atoms with Gasteiger partial charge in [-0.3, -0.25) is 0 Å². The average Bonchev–Trinajstić information content (AvgIpc) is 3.16. The van der Waals surface area contributed by atoms with E-state index >= 15 is 0 Å². The summed E-state index contributed by atoms with van der Waals surface area (Å²) in [5.74, 6) is 0. The number of imidazole rings is 1. The largest absolute Gasteiger partial charge is 0.372 e. The fourth-order valence-electron chi connectivity index (χ4n) is 2.94. The smallest absolute Gasteiger partial charge is 0.137 e. The summed E-state index contributed by atoms with van der Waals surface area (Å²) < 4.78 is 1.97. The van der Waals surface area contributed by atoms with Crippen LogP contribution >= 0.6 is 11.6 Å². The molecule has 21 heavy (non-hydrogen) atoms. The Kier molecular flexibility index (Phi) is 3.08. The number of hydrogen-bond acceptors (Lipinski definition) is 2. The quantitative estimate of drug-likeness (QED) is 0.705. The highest BCUT2D eigenvalue weighted by Gasteiger charge is 2.13. The Morgan fingerprint density at radius 3 is 2.71 bits per heavy atom. The lowest BCUT2D eigenvalue weighted by Crippen LogP contribution is -2.17. The van der Waals surface area contributed by atoms with E-state index in [1.807, 2.05) is 28.9 Å². The first-order chi connectivity index (χ1) is 10.3. The van der Waals surface area contributed by atoms with Crippen LogP contribution in [0.3, 0.4) is 0 Å². The first-order valence-electron chi connectivity index (χ1n) is 7.29. The fraction of sp³-hybridized carbons (Fsp3) is 0.235. The number of hydrogen-bond donors (Lipinski definition) is 0. The number of fused-ring (bicyclic) bond motifs is 1. The second-order valence-corrected chi connectivity index (χ2v) is 5.92. The summed E-state index contributed by atoms with van der Waals surface area (Å²) in [7, 11) is 0. The van der Waals surface area contributed by atoms with Crippen molar-refractivity contribution in [2.24, 2.45) is 0 Å². The molecule has 2 aromatic heterocycles. The molecule has 4 heteroatoms. The van der Waals surface area contributed by atoms with Crippen LogP contribution in [0.5, 0.6) is 0 Å². The molecule has 0 spiro atoms. The molecule has 106 valence electrons. The molecule has 0 saturated carbocycles. The van der Waals surface area contributed by atoms with Crippen LogP contribution in [-0.2, 0) is 0 Å². The first kappa shape index (κ1) is 12.7. The number of pyridine rings is 1. The van der Waals surface area contributed by atoms with Gasteiger partial charge in [0.15, 0.2) is 0 Å². The van der Waals surface area contributed by atoms with Gasteiger partial charge in [0.25, 0.3) is 0 Å². The minimum absolute atomic E-state index is 0.720. The maximum Gasteiger partial charge on any atom is 0.137 e. The van der Waals surface area contributed by atoms with Crippen molar-refractivity contribution in [1.29, 1.82) is 0 Å². The Morgan fingerprint density at radius 2 is 1.86 bits per heavy atom. The average molecular weight is 298 g/mol. The standard InChI is InChI=1S/C17H16ClN3/c18-14-6-7-17-19-16(12-21(17)11-14)13-4-3-5-15(10-13)20-8-1-2-9-20/h3-7,10-12H,1-2,8-9H2. The Morgan fingerprint density at radius 1 is 1.00 bits per heavy atom. The van der Waals surface area contributed by atoms with Crippen molar-refractivity contribution in [1.82, 2.24) is 9.38 Å². The zero-order valence-electron chi connectivity index (χ0n) is 11.7. The van der Waals surface area contributed by atoms with E-state index in [-0.39, 0.29) is 0 Å². The van der Waals surface area contributed by atoms with E-state index in [4.69, 9.17) is 11.6 Å². The topological polar surface area (TPSA) is 20.5 Å². The molecule has 1 aliphatic heterocycles. The van der Waals surface area contributed by atoms with E-state index in [2.05, 4.69) is 34.1 Å². The molecule has 1 saturated heterocycles. The van der Waals surface area contributed by atoms with Crippen LogP contribution in [-0.4, -0.2) is 22.5 Å². The van der Waals surface area contributed by atoms with Gasteiger partial charge in [-0.25, -0.2) is 4.98 Å². The lowest BCUT2D eigenvalue weighted by atomic mass is 10.1. The third-order valence-electron chi connectivity index (χ3n) is 4.03. The Balaban J connectivity index is 1.75. The van der Waals surface area contributed by atoms with E-state index in [1.165, 1.54) is 18.5 Å². The Hall–Kier alpha value is -2.00. The molecular formula is C17H16ClN3. The predicted molar refractivity (Wildman–Crippen MR) is 87.1 cm³/mol. The normalized spacial score (nSPS) is 15.0. The molecule has 1 aromatic carbocycles. The molecule has 0 atom stereocenters. The van der Waals surface area contributed by atoms with Crippen molar-refractivity contribution in [3.63, 3.8) is 0 Å². The summed E-state index contributed by atoms with van der Waals surface area (Å²) >= 11 is 6.03. The molecule has 0 unspecified atom stereocenters. The van der Waals surface area contributed by atoms with Gasteiger partial charge >= 0.3 is 0 Å². The van der Waals surface area contributed by atoms with Crippen LogP contribution in [0.2, 0.25) is 5.02 Å². The van der Waals surface area contributed by atoms with Gasteiger partial charge < -0.3 is 9.30 Å². The Bertz CT molecular complexity index is 788. The number of nitrogens with zero attached hydrogens (tertiary/aromatic N) is 3. The molecular weight excluding hydrogens is 282 g/mol. The van der Waals surface area contributed by atoms with Crippen LogP contribution in [0, 0.1) is 0 Å². The number of aromatic nitrogens is 2. The lowest BCUT2D eigenvalue weighted by molar-refractivity contribution is 0.949. The molecule has 0 bridgehead atoms. The monoisotopic (exact) mass is 297 g/mol. The number of benzene rings is 1. The van der Waals surface area contributed by atoms with Gasteiger partial charge in [0.2, 0.25) is 0 Å². The van der Waals surface area contributed by atoms with Crippen LogP contribution in [0.25, 0.3) is 16.9 Å². The number of anilines is 1. The van der Waals surface area contributed by atoms with Crippen molar-refractivity contribution in [3.05, 3.63) is 53.8 Å². The zero-order chi connectivity index (χ0) is 14.2. The number of rotatable bonds is 2. The predicted octanol–water partition coefficient (Wildman–Crippen LogP) is 4.25. The SMILES string of the molecule is Clc1ccc2nc(-c3cccc(N4CCCC4)c3)cn2c1. The van der Waals surface area contributed by atoms with Crippen molar-refractivity contribution in [3.8, 4) is 11.3 Å². The second kappa shape index (κ2) is 5.08. The number of halogens is 1. The van der Waals surface area contributed by atoms with E-state index in [0.29, 0.717) is 0 Å². The summed E-state index contributed by atoms with van der Waals surface area (Å²) in [6, 6.07) is 12.4. The van der Waals surface area contributed by atoms with E-state index < -0.39 is 0 Å². The molecule has 3 heterocycles. The van der Waals surface area contributed by atoms with Crippen molar-refractivity contribution in [2.75, 3.05) is 18.0 Å². The van der Waals surface area contributed by atoms with E-state index in [0.717, 1.165) is 35.0 Å². The van der Waals surface area contributed by atoms with Crippen LogP contribution < -0.4 is 4.90 Å². The molecule has 1 fully saturated rings. The molecule has 0 radical (unpaired) electrons. The van der Waals surface area contributed by atoms with Gasteiger partial charge in [0, 0.05) is 36.7 Å². The van der Waals surface area contributed by atoms with Gasteiger partial charge in [-0.15, -0.1) is 0 Å². The van der Waals surface area contributed by atoms with E-state index in [1.54, 1.807) is 0 Å². The summed E-state index contributed by atoms with van der Waals surface area (Å²) in [6.45, 7) is 2.31. The third kappa shape index (κ3) is 2.38.